The van der Waals surface area contributed by atoms with E-state index in [1.807, 2.05) is 24.3 Å². The van der Waals surface area contributed by atoms with Crippen molar-refractivity contribution in [3.05, 3.63) is 102 Å². The molecule has 0 spiro atoms. The molecule has 3 heteroatoms. The maximum absolute atomic E-state index is 9.81. The van der Waals surface area contributed by atoms with Crippen LogP contribution in [0.4, 0.5) is 0 Å². The molecule has 2 N–H and O–H groups in total. The first kappa shape index (κ1) is 21.4. The highest BCUT2D eigenvalue weighted by atomic mass is 16.5. The number of aliphatic hydroxyl groups is 1. The van der Waals surface area contributed by atoms with Crippen molar-refractivity contribution in [2.24, 2.45) is 5.92 Å². The fourth-order valence-corrected chi connectivity index (χ4v) is 4.31. The standard InChI is InChI=1S/C28H31NO2/c30-19-16-27(23-7-3-1-4-8-23)28(24-9-5-2-6-10-24)25-11-13-26(14-12-25)31-20-17-22-15-18-29-21-22/h1-14,22,29-30H,15-21H2. The first-order valence-electron chi connectivity index (χ1n) is 11.2. The predicted molar refractivity (Wildman–Crippen MR) is 128 cm³/mol. The van der Waals surface area contributed by atoms with E-state index >= 15 is 0 Å². The van der Waals surface area contributed by atoms with E-state index < -0.39 is 0 Å². The zero-order valence-corrected chi connectivity index (χ0v) is 18.0. The lowest BCUT2D eigenvalue weighted by Crippen LogP contribution is -2.11. The summed E-state index contributed by atoms with van der Waals surface area (Å²) in [5.74, 6) is 1.64. The largest absolute Gasteiger partial charge is 0.494 e. The maximum atomic E-state index is 9.81. The first-order valence-corrected chi connectivity index (χ1v) is 11.2. The average Bonchev–Trinajstić information content (AvgIpc) is 3.35. The third-order valence-corrected chi connectivity index (χ3v) is 5.95. The Morgan fingerprint density at radius 1 is 0.839 bits per heavy atom. The summed E-state index contributed by atoms with van der Waals surface area (Å²) in [6.45, 7) is 3.11. The number of aliphatic hydroxyl groups excluding tert-OH is 1. The van der Waals surface area contributed by atoms with E-state index in [9.17, 15) is 5.11 Å². The molecule has 1 aliphatic heterocycles. The van der Waals surface area contributed by atoms with Crippen LogP contribution in [-0.4, -0.2) is 31.4 Å². The predicted octanol–water partition coefficient (Wildman–Crippen LogP) is 5.41. The molecule has 0 aromatic heterocycles. The van der Waals surface area contributed by atoms with Crippen molar-refractivity contribution in [2.75, 3.05) is 26.3 Å². The highest BCUT2D eigenvalue weighted by Gasteiger charge is 2.15. The van der Waals surface area contributed by atoms with Gasteiger partial charge in [0, 0.05) is 6.61 Å². The molecular formula is C28H31NO2. The molecule has 1 fully saturated rings. The molecule has 4 rings (SSSR count). The highest BCUT2D eigenvalue weighted by Crippen LogP contribution is 2.35. The number of benzene rings is 3. The number of hydrogen-bond acceptors (Lipinski definition) is 3. The van der Waals surface area contributed by atoms with E-state index in [4.69, 9.17) is 4.74 Å². The second-order valence-electron chi connectivity index (χ2n) is 8.08. The molecule has 1 heterocycles. The van der Waals surface area contributed by atoms with Gasteiger partial charge in [0.2, 0.25) is 0 Å². The maximum Gasteiger partial charge on any atom is 0.119 e. The lowest BCUT2D eigenvalue weighted by molar-refractivity contribution is 0.283. The van der Waals surface area contributed by atoms with Crippen molar-refractivity contribution in [3.8, 4) is 5.75 Å². The van der Waals surface area contributed by atoms with Crippen LogP contribution in [0.25, 0.3) is 11.1 Å². The summed E-state index contributed by atoms with van der Waals surface area (Å²) in [6.07, 6.45) is 2.95. The van der Waals surface area contributed by atoms with Crippen LogP contribution in [0.1, 0.15) is 36.0 Å². The topological polar surface area (TPSA) is 41.5 Å². The van der Waals surface area contributed by atoms with Crippen LogP contribution in [-0.2, 0) is 0 Å². The van der Waals surface area contributed by atoms with Gasteiger partial charge in [-0.25, -0.2) is 0 Å². The zero-order chi connectivity index (χ0) is 21.3. The van der Waals surface area contributed by atoms with Crippen molar-refractivity contribution < 1.29 is 9.84 Å². The molecule has 3 nitrogen and oxygen atoms in total. The highest BCUT2D eigenvalue weighted by molar-refractivity contribution is 5.98. The Kier molecular flexibility index (Phi) is 7.54. The number of hydrogen-bond donors (Lipinski definition) is 2. The van der Waals surface area contributed by atoms with Gasteiger partial charge in [0.15, 0.2) is 0 Å². The third-order valence-electron chi connectivity index (χ3n) is 5.95. The van der Waals surface area contributed by atoms with Crippen molar-refractivity contribution in [1.82, 2.24) is 5.32 Å². The van der Waals surface area contributed by atoms with Gasteiger partial charge < -0.3 is 15.2 Å². The molecule has 31 heavy (non-hydrogen) atoms. The van der Waals surface area contributed by atoms with Crippen LogP contribution in [0.15, 0.2) is 84.9 Å². The summed E-state index contributed by atoms with van der Waals surface area (Å²) < 4.78 is 6.02. The van der Waals surface area contributed by atoms with Crippen LogP contribution in [0.3, 0.4) is 0 Å². The van der Waals surface area contributed by atoms with E-state index in [0.717, 1.165) is 65.6 Å². The quantitative estimate of drug-likeness (QED) is 0.461. The van der Waals surface area contributed by atoms with Gasteiger partial charge in [-0.2, -0.15) is 0 Å². The summed E-state index contributed by atoms with van der Waals surface area (Å²) in [6, 6.07) is 29.2. The number of rotatable bonds is 9. The van der Waals surface area contributed by atoms with Crippen molar-refractivity contribution in [1.29, 1.82) is 0 Å². The van der Waals surface area contributed by atoms with Gasteiger partial charge in [0.05, 0.1) is 6.61 Å². The van der Waals surface area contributed by atoms with Crippen molar-refractivity contribution in [2.45, 2.75) is 19.3 Å². The van der Waals surface area contributed by atoms with Gasteiger partial charge in [0.1, 0.15) is 5.75 Å². The second kappa shape index (κ2) is 10.9. The minimum absolute atomic E-state index is 0.109. The van der Waals surface area contributed by atoms with Gasteiger partial charge >= 0.3 is 0 Å². The minimum atomic E-state index is 0.109. The van der Waals surface area contributed by atoms with E-state index in [1.54, 1.807) is 0 Å². The summed E-state index contributed by atoms with van der Waals surface area (Å²) in [4.78, 5) is 0. The molecule has 0 aliphatic carbocycles. The lowest BCUT2D eigenvalue weighted by atomic mass is 9.88. The lowest BCUT2D eigenvalue weighted by Gasteiger charge is -2.17. The van der Waals surface area contributed by atoms with Gasteiger partial charge in [-0.15, -0.1) is 0 Å². The molecule has 0 radical (unpaired) electrons. The molecule has 1 unspecified atom stereocenters. The fraction of sp³-hybridized carbons (Fsp3) is 0.286. The Morgan fingerprint density at radius 3 is 2.10 bits per heavy atom. The summed E-state index contributed by atoms with van der Waals surface area (Å²) >= 11 is 0. The normalized spacial score (nSPS) is 16.7. The first-order chi connectivity index (χ1) is 15.3. The van der Waals surface area contributed by atoms with Crippen LogP contribution in [0, 0.1) is 5.92 Å². The molecule has 0 bridgehead atoms. The van der Waals surface area contributed by atoms with Gasteiger partial charge in [0.25, 0.3) is 0 Å². The van der Waals surface area contributed by atoms with E-state index in [1.165, 1.54) is 6.42 Å². The van der Waals surface area contributed by atoms with Crippen molar-refractivity contribution >= 4 is 11.1 Å². The molecule has 0 saturated carbocycles. The smallest absolute Gasteiger partial charge is 0.119 e. The third kappa shape index (κ3) is 5.63. The van der Waals surface area contributed by atoms with Crippen LogP contribution in [0.2, 0.25) is 0 Å². The molecule has 3 aromatic rings. The molecular weight excluding hydrogens is 382 g/mol. The second-order valence-corrected chi connectivity index (χ2v) is 8.08. The average molecular weight is 414 g/mol. The Labute approximate surface area is 185 Å². The SMILES string of the molecule is OCCC(=C(c1ccccc1)c1ccc(OCCC2CCNC2)cc1)c1ccccc1. The van der Waals surface area contributed by atoms with Gasteiger partial charge in [-0.05, 0) is 78.2 Å². The number of ether oxygens (including phenoxy) is 1. The number of nitrogens with one attached hydrogen (secondary N) is 1. The summed E-state index contributed by atoms with van der Waals surface area (Å²) in [7, 11) is 0. The summed E-state index contributed by atoms with van der Waals surface area (Å²) in [5.41, 5.74) is 5.73. The minimum Gasteiger partial charge on any atom is -0.494 e. The van der Waals surface area contributed by atoms with Crippen LogP contribution in [0.5, 0.6) is 5.75 Å². The van der Waals surface area contributed by atoms with Crippen molar-refractivity contribution in [3.63, 3.8) is 0 Å². The zero-order valence-electron chi connectivity index (χ0n) is 18.0. The Morgan fingerprint density at radius 2 is 1.48 bits per heavy atom. The molecule has 3 aromatic carbocycles. The Bertz CT molecular complexity index is 959. The molecule has 1 aliphatic rings. The van der Waals surface area contributed by atoms with Crippen LogP contribution >= 0.6 is 0 Å². The molecule has 1 saturated heterocycles. The van der Waals surface area contributed by atoms with Crippen LogP contribution < -0.4 is 10.1 Å². The Hall–Kier alpha value is -2.88. The molecule has 160 valence electrons. The molecule has 0 amide bonds. The molecule has 1 atom stereocenters. The van der Waals surface area contributed by atoms with Gasteiger partial charge in [-0.1, -0.05) is 72.8 Å². The van der Waals surface area contributed by atoms with E-state index in [0.29, 0.717) is 6.42 Å². The van der Waals surface area contributed by atoms with Gasteiger partial charge in [-0.3, -0.25) is 0 Å². The Balaban J connectivity index is 1.62. The fourth-order valence-electron chi connectivity index (χ4n) is 4.31. The van der Waals surface area contributed by atoms with E-state index in [-0.39, 0.29) is 6.61 Å². The van der Waals surface area contributed by atoms with E-state index in [2.05, 4.69) is 66.0 Å². The monoisotopic (exact) mass is 413 g/mol. The summed E-state index contributed by atoms with van der Waals surface area (Å²) in [5, 5.41) is 13.2.